The lowest BCUT2D eigenvalue weighted by molar-refractivity contribution is 0.239. The molecule has 0 saturated heterocycles. The Morgan fingerprint density at radius 3 is 2.71 bits per heavy atom. The molecule has 0 radical (unpaired) electrons. The molecule has 3 heteroatoms. The van der Waals surface area contributed by atoms with E-state index in [4.69, 9.17) is 5.11 Å². The van der Waals surface area contributed by atoms with E-state index < -0.39 is 0 Å². The zero-order valence-corrected chi connectivity index (χ0v) is 12.9. The fraction of sp³-hybridized carbons (Fsp3) is 0.556. The van der Waals surface area contributed by atoms with Gasteiger partial charge in [-0.3, -0.25) is 4.90 Å². The summed E-state index contributed by atoms with van der Waals surface area (Å²) in [6, 6.07) is 5.60. The SMILES string of the molecule is CC(C)CCN(Cc1cc(F)cc(C#CCO)c1)C1CC1. The van der Waals surface area contributed by atoms with E-state index in [1.54, 1.807) is 6.07 Å². The molecule has 0 amide bonds. The van der Waals surface area contributed by atoms with Crippen LogP contribution >= 0.6 is 0 Å². The molecule has 1 saturated carbocycles. The van der Waals surface area contributed by atoms with Crippen LogP contribution in [-0.4, -0.2) is 29.2 Å². The molecule has 2 nitrogen and oxygen atoms in total. The molecule has 1 fully saturated rings. The zero-order chi connectivity index (χ0) is 15.2. The first-order chi connectivity index (χ1) is 10.1. The maximum atomic E-state index is 13.7. The molecule has 0 aromatic heterocycles. The van der Waals surface area contributed by atoms with Gasteiger partial charge in [-0.2, -0.15) is 0 Å². The third-order valence-electron chi connectivity index (χ3n) is 3.71. The largest absolute Gasteiger partial charge is 0.384 e. The number of hydrogen-bond acceptors (Lipinski definition) is 2. The van der Waals surface area contributed by atoms with E-state index in [9.17, 15) is 4.39 Å². The summed E-state index contributed by atoms with van der Waals surface area (Å²) >= 11 is 0. The van der Waals surface area contributed by atoms with Crippen molar-refractivity contribution >= 4 is 0 Å². The van der Waals surface area contributed by atoms with Crippen LogP contribution in [0.25, 0.3) is 0 Å². The third kappa shape index (κ3) is 5.49. The number of aliphatic hydroxyl groups is 1. The predicted octanol–water partition coefficient (Wildman–Crippen LogP) is 3.18. The smallest absolute Gasteiger partial charge is 0.124 e. The van der Waals surface area contributed by atoms with E-state index in [1.807, 2.05) is 6.07 Å². The Bertz CT molecular complexity index is 526. The summed E-state index contributed by atoms with van der Waals surface area (Å²) in [5, 5.41) is 8.74. The maximum absolute atomic E-state index is 13.7. The van der Waals surface area contributed by atoms with E-state index in [0.717, 1.165) is 18.7 Å². The van der Waals surface area contributed by atoms with Crippen LogP contribution in [0.5, 0.6) is 0 Å². The summed E-state index contributed by atoms with van der Waals surface area (Å²) in [6.07, 6.45) is 3.68. The first-order valence-electron chi connectivity index (χ1n) is 7.71. The summed E-state index contributed by atoms with van der Waals surface area (Å²) in [5.74, 6) is 5.79. The average molecular weight is 289 g/mol. The number of hydrogen-bond donors (Lipinski definition) is 1. The van der Waals surface area contributed by atoms with Crippen molar-refractivity contribution in [2.75, 3.05) is 13.2 Å². The van der Waals surface area contributed by atoms with Crippen molar-refractivity contribution in [1.82, 2.24) is 4.90 Å². The molecule has 1 aromatic carbocycles. The standard InChI is InChI=1S/C18H24FNO/c1-14(2)7-8-20(18-5-6-18)13-16-10-15(4-3-9-21)11-17(19)12-16/h10-12,14,18,21H,5-9,13H2,1-2H3. The van der Waals surface area contributed by atoms with Crippen molar-refractivity contribution in [3.05, 3.63) is 35.1 Å². The van der Waals surface area contributed by atoms with Gasteiger partial charge in [0.2, 0.25) is 0 Å². The van der Waals surface area contributed by atoms with Gasteiger partial charge < -0.3 is 5.11 Å². The molecule has 114 valence electrons. The Labute approximate surface area is 127 Å². The monoisotopic (exact) mass is 289 g/mol. The topological polar surface area (TPSA) is 23.5 Å². The van der Waals surface area contributed by atoms with Gasteiger partial charge in [-0.1, -0.05) is 25.7 Å². The van der Waals surface area contributed by atoms with Crippen LogP contribution in [0.1, 0.15) is 44.2 Å². The molecule has 21 heavy (non-hydrogen) atoms. The highest BCUT2D eigenvalue weighted by molar-refractivity contribution is 5.37. The van der Waals surface area contributed by atoms with Crippen molar-refractivity contribution in [2.45, 2.75) is 45.7 Å². The van der Waals surface area contributed by atoms with Crippen LogP contribution in [0.4, 0.5) is 4.39 Å². The summed E-state index contributed by atoms with van der Waals surface area (Å²) < 4.78 is 13.7. The van der Waals surface area contributed by atoms with Crippen LogP contribution in [0.15, 0.2) is 18.2 Å². The molecule has 1 aromatic rings. The molecule has 0 aliphatic heterocycles. The number of halogens is 1. The number of rotatable bonds is 6. The van der Waals surface area contributed by atoms with Gasteiger partial charge in [-0.15, -0.1) is 0 Å². The van der Waals surface area contributed by atoms with E-state index in [-0.39, 0.29) is 12.4 Å². The molecule has 0 heterocycles. The van der Waals surface area contributed by atoms with Gasteiger partial charge >= 0.3 is 0 Å². The molecule has 1 aliphatic rings. The Kier molecular flexibility index (Phi) is 5.78. The van der Waals surface area contributed by atoms with Gasteiger partial charge in [-0.05, 0) is 55.5 Å². The minimum absolute atomic E-state index is 0.200. The summed E-state index contributed by atoms with van der Waals surface area (Å²) in [5.41, 5.74) is 1.60. The Morgan fingerprint density at radius 2 is 2.10 bits per heavy atom. The van der Waals surface area contributed by atoms with Crippen molar-refractivity contribution in [3.63, 3.8) is 0 Å². The molecular formula is C18H24FNO. The Hall–Kier alpha value is -1.37. The quantitative estimate of drug-likeness (QED) is 0.813. The fourth-order valence-corrected chi connectivity index (χ4v) is 2.44. The second-order valence-electron chi connectivity index (χ2n) is 6.19. The highest BCUT2D eigenvalue weighted by Gasteiger charge is 2.28. The molecule has 2 rings (SSSR count). The highest BCUT2D eigenvalue weighted by Crippen LogP contribution is 2.29. The van der Waals surface area contributed by atoms with Crippen molar-refractivity contribution in [3.8, 4) is 11.8 Å². The minimum atomic E-state index is -0.255. The Morgan fingerprint density at radius 1 is 1.33 bits per heavy atom. The third-order valence-corrected chi connectivity index (χ3v) is 3.71. The molecule has 0 atom stereocenters. The molecule has 1 N–H and O–H groups in total. The maximum Gasteiger partial charge on any atom is 0.124 e. The summed E-state index contributed by atoms with van der Waals surface area (Å²) in [6.45, 7) is 6.11. The minimum Gasteiger partial charge on any atom is -0.384 e. The van der Waals surface area contributed by atoms with E-state index in [1.165, 1.54) is 25.3 Å². The molecular weight excluding hydrogens is 265 g/mol. The average Bonchev–Trinajstić information content (AvgIpc) is 3.25. The van der Waals surface area contributed by atoms with Crippen molar-refractivity contribution in [1.29, 1.82) is 0 Å². The van der Waals surface area contributed by atoms with Gasteiger partial charge in [0.05, 0.1) is 0 Å². The second-order valence-corrected chi connectivity index (χ2v) is 6.19. The van der Waals surface area contributed by atoms with E-state index in [2.05, 4.69) is 30.6 Å². The molecule has 1 aliphatic carbocycles. The Balaban J connectivity index is 2.07. The number of nitrogens with zero attached hydrogens (tertiary/aromatic N) is 1. The van der Waals surface area contributed by atoms with Crippen LogP contribution in [0.3, 0.4) is 0 Å². The normalized spacial score (nSPS) is 14.4. The number of benzene rings is 1. The number of aliphatic hydroxyl groups excluding tert-OH is 1. The molecule has 0 spiro atoms. The highest BCUT2D eigenvalue weighted by atomic mass is 19.1. The van der Waals surface area contributed by atoms with Gasteiger partial charge in [0.25, 0.3) is 0 Å². The van der Waals surface area contributed by atoms with Crippen LogP contribution in [0.2, 0.25) is 0 Å². The van der Waals surface area contributed by atoms with Gasteiger partial charge in [0, 0.05) is 18.2 Å². The lowest BCUT2D eigenvalue weighted by Crippen LogP contribution is -2.27. The zero-order valence-electron chi connectivity index (χ0n) is 12.9. The van der Waals surface area contributed by atoms with E-state index in [0.29, 0.717) is 17.5 Å². The first-order valence-corrected chi connectivity index (χ1v) is 7.71. The lowest BCUT2D eigenvalue weighted by atomic mass is 10.1. The van der Waals surface area contributed by atoms with Crippen molar-refractivity contribution in [2.24, 2.45) is 5.92 Å². The molecule has 0 unspecified atom stereocenters. The summed E-state index contributed by atoms with van der Waals surface area (Å²) in [7, 11) is 0. The van der Waals surface area contributed by atoms with Gasteiger partial charge in [0.15, 0.2) is 0 Å². The first kappa shape index (κ1) is 16.0. The van der Waals surface area contributed by atoms with Crippen LogP contribution < -0.4 is 0 Å². The lowest BCUT2D eigenvalue weighted by Gasteiger charge is -2.23. The predicted molar refractivity (Wildman–Crippen MR) is 83.3 cm³/mol. The van der Waals surface area contributed by atoms with Gasteiger partial charge in [0.1, 0.15) is 12.4 Å². The molecule has 0 bridgehead atoms. The summed E-state index contributed by atoms with van der Waals surface area (Å²) in [4.78, 5) is 2.46. The fourth-order valence-electron chi connectivity index (χ4n) is 2.44. The van der Waals surface area contributed by atoms with E-state index >= 15 is 0 Å². The second kappa shape index (κ2) is 7.59. The van der Waals surface area contributed by atoms with Crippen LogP contribution in [0, 0.1) is 23.6 Å². The van der Waals surface area contributed by atoms with Crippen LogP contribution in [-0.2, 0) is 6.54 Å². The van der Waals surface area contributed by atoms with Gasteiger partial charge in [-0.25, -0.2) is 4.39 Å². The van der Waals surface area contributed by atoms with Crippen molar-refractivity contribution < 1.29 is 9.50 Å².